The van der Waals surface area contributed by atoms with Gasteiger partial charge in [-0.15, -0.1) is 0 Å². The topological polar surface area (TPSA) is 80.0 Å². The third-order valence-corrected chi connectivity index (χ3v) is 5.09. The largest absolute Gasteiger partial charge is 0.417 e. The molecule has 0 bridgehead atoms. The minimum absolute atomic E-state index is 0.247. The fourth-order valence-corrected chi connectivity index (χ4v) is 3.29. The Morgan fingerprint density at radius 3 is 2.45 bits per heavy atom. The maximum Gasteiger partial charge on any atom is 0.417 e. The molecule has 0 aliphatic carbocycles. The minimum atomic E-state index is -4.38. The average molecular weight is 470 g/mol. The standard InChI is InChI=1S/C17H16Cl2F3N3.CH2ClNO/c18-14-3-1-10(5-15(14)19)13-9-23-6-11(13)7-24-16-4-2-12(8-25-16)17(20,21)22;2-1(3)4/h1-5,8,11,13,23H,6-7,9H2,(H,24,25);(H2,3,4). The van der Waals surface area contributed by atoms with Gasteiger partial charge in [0.25, 0.3) is 0 Å². The lowest BCUT2D eigenvalue weighted by molar-refractivity contribution is -0.137. The van der Waals surface area contributed by atoms with E-state index in [0.717, 1.165) is 30.9 Å². The molecule has 3 rings (SSSR count). The van der Waals surface area contributed by atoms with Crippen LogP contribution >= 0.6 is 34.8 Å². The molecule has 4 N–H and O–H groups in total. The Morgan fingerprint density at radius 1 is 1.21 bits per heavy atom. The van der Waals surface area contributed by atoms with E-state index in [1.165, 1.54) is 6.07 Å². The summed E-state index contributed by atoms with van der Waals surface area (Å²) in [7, 11) is 0. The zero-order valence-corrected chi connectivity index (χ0v) is 17.2. The summed E-state index contributed by atoms with van der Waals surface area (Å²) in [5.41, 5.74) is 4.57. The van der Waals surface area contributed by atoms with Crippen molar-refractivity contribution >= 4 is 46.0 Å². The Kier molecular flexibility index (Phi) is 8.39. The normalized spacial score (nSPS) is 18.7. The van der Waals surface area contributed by atoms with Crippen LogP contribution in [-0.2, 0) is 6.18 Å². The first-order valence-corrected chi connectivity index (χ1v) is 9.59. The molecular formula is C18H18Cl3F3N4O. The highest BCUT2D eigenvalue weighted by molar-refractivity contribution is 6.62. The molecule has 1 saturated heterocycles. The van der Waals surface area contributed by atoms with Crippen LogP contribution in [0.2, 0.25) is 10.0 Å². The van der Waals surface area contributed by atoms with E-state index < -0.39 is 17.1 Å². The molecule has 1 aromatic heterocycles. The van der Waals surface area contributed by atoms with E-state index >= 15 is 0 Å². The molecule has 1 amide bonds. The first-order chi connectivity index (χ1) is 13.6. The number of aromatic nitrogens is 1. The molecule has 1 fully saturated rings. The molecule has 1 aliphatic rings. The predicted octanol–water partition coefficient (Wildman–Crippen LogP) is 5.13. The molecule has 5 nitrogen and oxygen atoms in total. The summed E-state index contributed by atoms with van der Waals surface area (Å²) in [6.45, 7) is 2.21. The number of nitrogens with zero attached hydrogens (tertiary/aromatic N) is 1. The number of carbonyl (C=O) groups excluding carboxylic acids is 1. The smallest absolute Gasteiger partial charge is 0.370 e. The van der Waals surface area contributed by atoms with Gasteiger partial charge in [0, 0.05) is 31.7 Å². The van der Waals surface area contributed by atoms with Crippen molar-refractivity contribution in [3.05, 3.63) is 57.7 Å². The number of pyridine rings is 1. The van der Waals surface area contributed by atoms with Crippen LogP contribution in [0, 0.1) is 5.92 Å². The van der Waals surface area contributed by atoms with E-state index in [2.05, 4.69) is 33.0 Å². The first kappa shape index (κ1) is 23.5. The van der Waals surface area contributed by atoms with Crippen LogP contribution in [0.1, 0.15) is 17.0 Å². The van der Waals surface area contributed by atoms with E-state index in [-0.39, 0.29) is 11.8 Å². The van der Waals surface area contributed by atoms with Gasteiger partial charge < -0.3 is 16.4 Å². The number of anilines is 1. The Morgan fingerprint density at radius 2 is 1.90 bits per heavy atom. The van der Waals surface area contributed by atoms with Crippen molar-refractivity contribution in [2.24, 2.45) is 11.7 Å². The maximum absolute atomic E-state index is 12.6. The first-order valence-electron chi connectivity index (χ1n) is 8.45. The third-order valence-electron chi connectivity index (χ3n) is 4.35. The number of hydrogen-bond acceptors (Lipinski definition) is 4. The van der Waals surface area contributed by atoms with Gasteiger partial charge in [-0.1, -0.05) is 29.3 Å². The molecule has 0 spiro atoms. The lowest BCUT2D eigenvalue weighted by atomic mass is 9.89. The van der Waals surface area contributed by atoms with Crippen molar-refractivity contribution in [3.63, 3.8) is 0 Å². The van der Waals surface area contributed by atoms with Crippen LogP contribution in [-0.4, -0.2) is 30.0 Å². The molecule has 0 saturated carbocycles. The van der Waals surface area contributed by atoms with E-state index in [1.807, 2.05) is 12.1 Å². The number of carbonyl (C=O) groups is 1. The van der Waals surface area contributed by atoms with Crippen LogP contribution in [0.3, 0.4) is 0 Å². The number of nitrogens with one attached hydrogen (secondary N) is 2. The summed E-state index contributed by atoms with van der Waals surface area (Å²) >= 11 is 16.5. The fourth-order valence-electron chi connectivity index (χ4n) is 2.98. The number of halogens is 6. The molecule has 2 aromatic rings. The molecule has 1 aromatic carbocycles. The molecule has 0 radical (unpaired) electrons. The summed E-state index contributed by atoms with van der Waals surface area (Å²) < 4.78 is 37.7. The summed E-state index contributed by atoms with van der Waals surface area (Å²) in [4.78, 5) is 12.8. The Balaban J connectivity index is 0.000000687. The number of amides is 1. The van der Waals surface area contributed by atoms with E-state index in [4.69, 9.17) is 28.0 Å². The van der Waals surface area contributed by atoms with Gasteiger partial charge in [0.05, 0.1) is 15.6 Å². The summed E-state index contributed by atoms with van der Waals surface area (Å²) in [6.07, 6.45) is -3.54. The monoisotopic (exact) mass is 468 g/mol. The Hall–Kier alpha value is -1.74. The summed E-state index contributed by atoms with van der Waals surface area (Å²) in [5.74, 6) is 0.936. The third kappa shape index (κ3) is 7.22. The summed E-state index contributed by atoms with van der Waals surface area (Å²) in [6, 6.07) is 7.97. The van der Waals surface area contributed by atoms with Gasteiger partial charge in [0.15, 0.2) is 0 Å². The molecule has 158 valence electrons. The highest BCUT2D eigenvalue weighted by atomic mass is 35.5. The van der Waals surface area contributed by atoms with Crippen LogP contribution < -0.4 is 16.4 Å². The van der Waals surface area contributed by atoms with Gasteiger partial charge in [0.2, 0.25) is 0 Å². The van der Waals surface area contributed by atoms with Crippen LogP contribution in [0.15, 0.2) is 36.5 Å². The maximum atomic E-state index is 12.6. The van der Waals surface area contributed by atoms with Gasteiger partial charge in [-0.25, -0.2) is 4.98 Å². The number of rotatable bonds is 4. The Labute approximate surface area is 180 Å². The molecule has 11 heteroatoms. The Bertz CT molecular complexity index is 830. The highest BCUT2D eigenvalue weighted by Crippen LogP contribution is 2.33. The van der Waals surface area contributed by atoms with Crippen LogP contribution in [0.5, 0.6) is 0 Å². The molecule has 2 heterocycles. The predicted molar refractivity (Wildman–Crippen MR) is 109 cm³/mol. The van der Waals surface area contributed by atoms with Crippen molar-refractivity contribution in [2.45, 2.75) is 12.1 Å². The highest BCUT2D eigenvalue weighted by Gasteiger charge is 2.31. The van der Waals surface area contributed by atoms with Crippen LogP contribution in [0.4, 0.5) is 23.8 Å². The van der Waals surface area contributed by atoms with E-state index in [0.29, 0.717) is 22.4 Å². The van der Waals surface area contributed by atoms with Gasteiger partial charge in [-0.3, -0.25) is 4.79 Å². The van der Waals surface area contributed by atoms with E-state index in [9.17, 15) is 13.2 Å². The molecule has 2 atom stereocenters. The number of nitrogens with two attached hydrogens (primary N) is 1. The van der Waals surface area contributed by atoms with E-state index in [1.54, 1.807) is 6.07 Å². The second-order valence-corrected chi connectivity index (χ2v) is 7.50. The quantitative estimate of drug-likeness (QED) is 0.429. The summed E-state index contributed by atoms with van der Waals surface area (Å²) in [5, 5.41) is 6.62. The van der Waals surface area contributed by atoms with Crippen LogP contribution in [0.25, 0.3) is 0 Å². The van der Waals surface area contributed by atoms with Gasteiger partial charge in [-0.05, 0) is 47.3 Å². The minimum Gasteiger partial charge on any atom is -0.370 e. The fraction of sp³-hybridized carbons (Fsp3) is 0.333. The SMILES string of the molecule is FC(F)(F)c1ccc(NCC2CNCC2c2ccc(Cl)c(Cl)c2)nc1.NC(=O)Cl. The second kappa shape index (κ2) is 10.3. The van der Waals surface area contributed by atoms with Crippen molar-refractivity contribution in [2.75, 3.05) is 25.0 Å². The number of benzene rings is 1. The molecule has 1 aliphatic heterocycles. The molecule has 2 unspecified atom stereocenters. The second-order valence-electron chi connectivity index (χ2n) is 6.31. The molecule has 29 heavy (non-hydrogen) atoms. The van der Waals surface area contributed by atoms with Crippen molar-refractivity contribution < 1.29 is 18.0 Å². The lowest BCUT2D eigenvalue weighted by Gasteiger charge is -2.20. The average Bonchev–Trinajstić information content (AvgIpc) is 3.10. The van der Waals surface area contributed by atoms with Crippen molar-refractivity contribution in [3.8, 4) is 0 Å². The number of primary amides is 1. The molecular weight excluding hydrogens is 452 g/mol. The number of alkyl halides is 3. The zero-order chi connectivity index (χ0) is 21.6. The van der Waals surface area contributed by atoms with Gasteiger partial charge in [-0.2, -0.15) is 13.2 Å². The lowest BCUT2D eigenvalue weighted by Crippen LogP contribution is -2.21. The van der Waals surface area contributed by atoms with Crippen molar-refractivity contribution in [1.82, 2.24) is 10.3 Å². The number of hydrogen-bond donors (Lipinski definition) is 3. The van der Waals surface area contributed by atoms with Gasteiger partial charge in [0.1, 0.15) is 5.82 Å². The zero-order valence-electron chi connectivity index (χ0n) is 14.9. The van der Waals surface area contributed by atoms with Crippen molar-refractivity contribution in [1.29, 1.82) is 0 Å². The van der Waals surface area contributed by atoms with Gasteiger partial charge >= 0.3 is 11.5 Å².